The van der Waals surface area contributed by atoms with Crippen molar-refractivity contribution in [3.63, 3.8) is 0 Å². The molecule has 0 unspecified atom stereocenters. The maximum Gasteiger partial charge on any atom is 0.132 e. The van der Waals surface area contributed by atoms with E-state index in [0.29, 0.717) is 11.3 Å². The highest BCUT2D eigenvalue weighted by atomic mass is 19.1. The summed E-state index contributed by atoms with van der Waals surface area (Å²) in [7, 11) is 0. The van der Waals surface area contributed by atoms with E-state index in [1.807, 2.05) is 31.2 Å². The van der Waals surface area contributed by atoms with Crippen molar-refractivity contribution >= 4 is 24.3 Å². The summed E-state index contributed by atoms with van der Waals surface area (Å²) in [6, 6.07) is 12.6. The molecule has 1 aliphatic heterocycles. The third-order valence-electron chi connectivity index (χ3n) is 4.65. The van der Waals surface area contributed by atoms with E-state index in [2.05, 4.69) is 21.3 Å². The van der Waals surface area contributed by atoms with Crippen LogP contribution in [0.5, 0.6) is 0 Å². The number of imidazole rings is 1. The molecule has 5 heteroatoms. The zero-order valence-corrected chi connectivity index (χ0v) is 14.6. The number of rotatable bonds is 4. The lowest BCUT2D eigenvalue weighted by atomic mass is 10.0. The Bertz CT molecular complexity index is 1020. The number of hydrogen-bond donors (Lipinski definition) is 0. The molecule has 2 aromatic carbocycles. The largest absolute Gasteiger partial charge is 0.327 e. The summed E-state index contributed by atoms with van der Waals surface area (Å²) in [6.45, 7) is 6.36. The molecule has 0 bridgehead atoms. The first-order chi connectivity index (χ1) is 12.7. The molecule has 4 nitrogen and oxygen atoms in total. The van der Waals surface area contributed by atoms with Gasteiger partial charge in [-0.2, -0.15) is 0 Å². The van der Waals surface area contributed by atoms with Crippen LogP contribution in [0.2, 0.25) is 0 Å². The van der Waals surface area contributed by atoms with Gasteiger partial charge in [0.15, 0.2) is 0 Å². The zero-order chi connectivity index (χ0) is 18.1. The Kier molecular flexibility index (Phi) is 4.21. The second-order valence-electron chi connectivity index (χ2n) is 6.21. The highest BCUT2D eigenvalue weighted by molar-refractivity contribution is 5.84. The van der Waals surface area contributed by atoms with E-state index in [-0.39, 0.29) is 5.82 Å². The number of aliphatic imine (C=N–C) groups is 2. The molecule has 0 amide bonds. The number of benzene rings is 2. The third kappa shape index (κ3) is 2.65. The van der Waals surface area contributed by atoms with E-state index in [1.165, 1.54) is 6.07 Å². The van der Waals surface area contributed by atoms with E-state index >= 15 is 0 Å². The van der Waals surface area contributed by atoms with Gasteiger partial charge in [0.1, 0.15) is 11.6 Å². The van der Waals surface area contributed by atoms with Gasteiger partial charge in [0, 0.05) is 30.3 Å². The highest BCUT2D eigenvalue weighted by Gasteiger charge is 2.24. The number of hydrogen-bond acceptors (Lipinski definition) is 3. The van der Waals surface area contributed by atoms with E-state index in [9.17, 15) is 4.39 Å². The predicted molar refractivity (Wildman–Crippen MR) is 104 cm³/mol. The second-order valence-corrected chi connectivity index (χ2v) is 6.21. The maximum absolute atomic E-state index is 14.5. The first kappa shape index (κ1) is 16.4. The topological polar surface area (TPSA) is 42.5 Å². The lowest BCUT2D eigenvalue weighted by Gasteiger charge is -2.11. The Hall–Kier alpha value is -3.08. The van der Waals surface area contributed by atoms with Crippen molar-refractivity contribution in [2.75, 3.05) is 0 Å². The molecule has 1 aliphatic rings. The summed E-state index contributed by atoms with van der Waals surface area (Å²) in [5, 5.41) is 0. The van der Waals surface area contributed by atoms with E-state index in [4.69, 9.17) is 4.98 Å². The van der Waals surface area contributed by atoms with Gasteiger partial charge >= 0.3 is 0 Å². The molecule has 0 fully saturated rings. The smallest absolute Gasteiger partial charge is 0.132 e. The number of nitrogens with zero attached hydrogens (tertiary/aromatic N) is 4. The Morgan fingerprint density at radius 3 is 2.81 bits per heavy atom. The van der Waals surface area contributed by atoms with Gasteiger partial charge in [-0.1, -0.05) is 18.2 Å². The molecule has 26 heavy (non-hydrogen) atoms. The molecular formula is C21H19FN4. The summed E-state index contributed by atoms with van der Waals surface area (Å²) in [6.07, 6.45) is 3.69. The predicted octanol–water partition coefficient (Wildman–Crippen LogP) is 5.36. The molecule has 0 N–H and O–H groups in total. The van der Waals surface area contributed by atoms with Gasteiger partial charge in [0.2, 0.25) is 0 Å². The highest BCUT2D eigenvalue weighted by Crippen LogP contribution is 2.39. The molecular weight excluding hydrogens is 327 g/mol. The summed E-state index contributed by atoms with van der Waals surface area (Å²) in [4.78, 5) is 13.2. The van der Waals surface area contributed by atoms with Crippen LogP contribution >= 0.6 is 0 Å². The lowest BCUT2D eigenvalue weighted by molar-refractivity contribution is 0.630. The van der Waals surface area contributed by atoms with Crippen molar-refractivity contribution in [1.82, 2.24) is 9.55 Å². The number of fused-ring (bicyclic) bond motifs is 1. The van der Waals surface area contributed by atoms with Crippen LogP contribution in [0.25, 0.3) is 22.5 Å². The van der Waals surface area contributed by atoms with Crippen molar-refractivity contribution in [1.29, 1.82) is 0 Å². The molecule has 0 spiro atoms. The standard InChI is InChI=1S/C21H19FN4/c1-3-24-18-13-14(10-11-17(18)23-2)21-20(15-7-4-5-8-16(15)22)25-19-9-6-12-26(19)21/h3-5,7-8,10-11,13H,2,6,9,12H2,1H3/b24-3-. The Labute approximate surface area is 151 Å². The molecule has 0 radical (unpaired) electrons. The minimum atomic E-state index is -0.262. The average Bonchev–Trinajstić information content (AvgIpc) is 3.23. The Morgan fingerprint density at radius 1 is 1.19 bits per heavy atom. The maximum atomic E-state index is 14.5. The normalized spacial score (nSPS) is 13.3. The Morgan fingerprint density at radius 2 is 2.04 bits per heavy atom. The van der Waals surface area contributed by atoms with Crippen molar-refractivity contribution in [3.05, 3.63) is 54.1 Å². The van der Waals surface area contributed by atoms with E-state index in [1.54, 1.807) is 18.3 Å². The first-order valence-corrected chi connectivity index (χ1v) is 8.67. The van der Waals surface area contributed by atoms with Gasteiger partial charge in [-0.25, -0.2) is 9.37 Å². The summed E-state index contributed by atoms with van der Waals surface area (Å²) >= 11 is 0. The van der Waals surface area contributed by atoms with Gasteiger partial charge in [0.25, 0.3) is 0 Å². The number of halogens is 1. The van der Waals surface area contributed by atoms with Gasteiger partial charge in [0.05, 0.1) is 22.8 Å². The Balaban J connectivity index is 1.96. The van der Waals surface area contributed by atoms with Crippen LogP contribution < -0.4 is 0 Å². The van der Waals surface area contributed by atoms with Crippen LogP contribution in [0.15, 0.2) is 52.4 Å². The summed E-state index contributed by atoms with van der Waals surface area (Å²) in [5.74, 6) is 0.742. The number of aromatic nitrogens is 2. The molecule has 130 valence electrons. The first-order valence-electron chi connectivity index (χ1n) is 8.67. The van der Waals surface area contributed by atoms with Crippen LogP contribution in [0.3, 0.4) is 0 Å². The number of aryl methyl sites for hydroxylation is 1. The molecule has 0 atom stereocenters. The summed E-state index contributed by atoms with van der Waals surface area (Å²) < 4.78 is 16.6. The van der Waals surface area contributed by atoms with E-state index in [0.717, 1.165) is 47.8 Å². The van der Waals surface area contributed by atoms with Gasteiger partial charge in [-0.05, 0) is 44.3 Å². The van der Waals surface area contributed by atoms with Crippen LogP contribution in [0.4, 0.5) is 15.8 Å². The fourth-order valence-electron chi connectivity index (χ4n) is 3.51. The minimum absolute atomic E-state index is 0.262. The molecule has 3 aromatic rings. The zero-order valence-electron chi connectivity index (χ0n) is 14.6. The fraction of sp³-hybridized carbons (Fsp3) is 0.190. The third-order valence-corrected chi connectivity index (χ3v) is 4.65. The van der Waals surface area contributed by atoms with Gasteiger partial charge < -0.3 is 4.57 Å². The molecule has 0 saturated carbocycles. The van der Waals surface area contributed by atoms with Crippen LogP contribution in [-0.2, 0) is 13.0 Å². The molecule has 2 heterocycles. The fourth-order valence-corrected chi connectivity index (χ4v) is 3.51. The average molecular weight is 346 g/mol. The minimum Gasteiger partial charge on any atom is -0.327 e. The second kappa shape index (κ2) is 6.67. The van der Waals surface area contributed by atoms with E-state index < -0.39 is 0 Å². The molecule has 0 saturated heterocycles. The molecule has 4 rings (SSSR count). The SMILES string of the molecule is C=Nc1ccc(-c2c(-c3ccccc3F)nc3n2CCC3)cc1/N=C\C. The molecule has 1 aromatic heterocycles. The lowest BCUT2D eigenvalue weighted by Crippen LogP contribution is -1.97. The van der Waals surface area contributed by atoms with Crippen molar-refractivity contribution < 1.29 is 4.39 Å². The van der Waals surface area contributed by atoms with Crippen molar-refractivity contribution in [3.8, 4) is 22.5 Å². The van der Waals surface area contributed by atoms with Crippen molar-refractivity contribution in [2.45, 2.75) is 26.3 Å². The summed E-state index contributed by atoms with van der Waals surface area (Å²) in [5.41, 5.74) is 4.57. The monoisotopic (exact) mass is 346 g/mol. The van der Waals surface area contributed by atoms with Crippen molar-refractivity contribution in [2.24, 2.45) is 9.98 Å². The quantitative estimate of drug-likeness (QED) is 0.587. The van der Waals surface area contributed by atoms with Gasteiger partial charge in [-0.15, -0.1) is 0 Å². The van der Waals surface area contributed by atoms with Crippen LogP contribution in [-0.4, -0.2) is 22.5 Å². The van der Waals surface area contributed by atoms with Crippen LogP contribution in [0.1, 0.15) is 19.2 Å². The van der Waals surface area contributed by atoms with Gasteiger partial charge in [-0.3, -0.25) is 9.98 Å². The van der Waals surface area contributed by atoms with Crippen LogP contribution in [0, 0.1) is 5.82 Å². The molecule has 0 aliphatic carbocycles.